The number of nitrogens with two attached hydrogens (primary N) is 1. The van der Waals surface area contributed by atoms with E-state index in [0.717, 1.165) is 30.8 Å². The summed E-state index contributed by atoms with van der Waals surface area (Å²) in [5, 5.41) is 3.59. The molecule has 0 saturated heterocycles. The van der Waals surface area contributed by atoms with E-state index >= 15 is 0 Å². The summed E-state index contributed by atoms with van der Waals surface area (Å²) in [6, 6.07) is 0. The largest absolute Gasteiger partial charge is 0.370 e. The minimum absolute atomic E-state index is 0.208. The molecule has 0 amide bonds. The topological polar surface area (TPSA) is 63.8 Å². The number of halogens is 1. The summed E-state index contributed by atoms with van der Waals surface area (Å²) < 4.78 is 0. The van der Waals surface area contributed by atoms with E-state index in [0.29, 0.717) is 5.15 Å². The van der Waals surface area contributed by atoms with Crippen LogP contribution in [0.25, 0.3) is 0 Å². The summed E-state index contributed by atoms with van der Waals surface area (Å²) in [6.07, 6.45) is 2.24. The smallest absolute Gasteiger partial charge is 0.223 e. The van der Waals surface area contributed by atoms with Crippen LogP contribution >= 0.6 is 11.6 Å². The van der Waals surface area contributed by atoms with Gasteiger partial charge in [-0.15, -0.1) is 0 Å². The van der Waals surface area contributed by atoms with Gasteiger partial charge in [0.05, 0.1) is 0 Å². The minimum atomic E-state index is 0.208. The fourth-order valence-electron chi connectivity index (χ4n) is 1.06. The molecule has 0 atom stereocenters. The van der Waals surface area contributed by atoms with Crippen molar-refractivity contribution in [2.75, 3.05) is 17.6 Å². The molecule has 0 saturated carbocycles. The molecule has 3 N–H and O–H groups in total. The Morgan fingerprint density at radius 1 is 1.43 bits per heavy atom. The van der Waals surface area contributed by atoms with Gasteiger partial charge in [-0.25, -0.2) is 4.98 Å². The van der Waals surface area contributed by atoms with Crippen LogP contribution in [0.3, 0.4) is 0 Å². The van der Waals surface area contributed by atoms with Gasteiger partial charge in [-0.1, -0.05) is 24.9 Å². The molecule has 0 unspecified atom stereocenters. The molecule has 0 aromatic carbocycles. The number of anilines is 2. The Bertz CT molecular complexity index is 314. The normalized spacial score (nSPS) is 10.2. The number of hydrogen-bond acceptors (Lipinski definition) is 4. The average molecular weight is 215 g/mol. The zero-order chi connectivity index (χ0) is 10.6. The number of hydrogen-bond donors (Lipinski definition) is 2. The second-order valence-corrected chi connectivity index (χ2v) is 3.48. The number of rotatable bonds is 4. The van der Waals surface area contributed by atoms with Gasteiger partial charge in [0.15, 0.2) is 0 Å². The molecular formula is C9H15ClN4. The lowest BCUT2D eigenvalue weighted by molar-refractivity contribution is 0.829. The lowest BCUT2D eigenvalue weighted by Crippen LogP contribution is -2.08. The van der Waals surface area contributed by atoms with E-state index < -0.39 is 0 Å². The van der Waals surface area contributed by atoms with Crippen LogP contribution in [-0.4, -0.2) is 16.5 Å². The highest BCUT2D eigenvalue weighted by molar-refractivity contribution is 6.30. The number of nitrogens with zero attached hydrogens (tertiary/aromatic N) is 2. The maximum Gasteiger partial charge on any atom is 0.223 e. The van der Waals surface area contributed by atoms with Gasteiger partial charge < -0.3 is 11.1 Å². The summed E-state index contributed by atoms with van der Waals surface area (Å²) in [4.78, 5) is 7.93. The molecule has 0 aliphatic heterocycles. The molecule has 1 aromatic heterocycles. The van der Waals surface area contributed by atoms with Crippen molar-refractivity contribution in [3.05, 3.63) is 10.7 Å². The van der Waals surface area contributed by atoms with Crippen molar-refractivity contribution in [3.8, 4) is 0 Å². The van der Waals surface area contributed by atoms with Gasteiger partial charge >= 0.3 is 0 Å². The first-order chi connectivity index (χ1) is 6.65. The first-order valence-corrected chi connectivity index (χ1v) is 5.06. The van der Waals surface area contributed by atoms with Crippen LogP contribution in [0.4, 0.5) is 11.8 Å². The fourth-order valence-corrected chi connectivity index (χ4v) is 1.24. The highest BCUT2D eigenvalue weighted by atomic mass is 35.5. The second-order valence-electron chi connectivity index (χ2n) is 3.13. The molecule has 0 radical (unpaired) electrons. The van der Waals surface area contributed by atoms with Crippen LogP contribution in [0, 0.1) is 6.92 Å². The lowest BCUT2D eigenvalue weighted by atomic mass is 10.3. The van der Waals surface area contributed by atoms with Crippen LogP contribution in [0.5, 0.6) is 0 Å². The molecule has 4 nitrogen and oxygen atoms in total. The van der Waals surface area contributed by atoms with Crippen LogP contribution in [-0.2, 0) is 0 Å². The first kappa shape index (κ1) is 11.0. The quantitative estimate of drug-likeness (QED) is 0.596. The molecule has 1 aromatic rings. The molecule has 0 spiro atoms. The van der Waals surface area contributed by atoms with Crippen LogP contribution in [0.2, 0.25) is 5.15 Å². The molecule has 0 bridgehead atoms. The Labute approximate surface area is 88.9 Å². The second kappa shape index (κ2) is 5.00. The van der Waals surface area contributed by atoms with E-state index in [1.54, 1.807) is 0 Å². The summed E-state index contributed by atoms with van der Waals surface area (Å²) in [6.45, 7) is 4.88. The third kappa shape index (κ3) is 2.73. The molecule has 1 heterocycles. The van der Waals surface area contributed by atoms with Crippen molar-refractivity contribution in [3.63, 3.8) is 0 Å². The van der Waals surface area contributed by atoms with E-state index in [9.17, 15) is 0 Å². The van der Waals surface area contributed by atoms with Crippen LogP contribution in [0.1, 0.15) is 25.3 Å². The zero-order valence-corrected chi connectivity index (χ0v) is 9.23. The number of nitrogen functional groups attached to an aromatic ring is 1. The molecule has 1 rings (SSSR count). The van der Waals surface area contributed by atoms with Gasteiger partial charge in [0, 0.05) is 12.1 Å². The Balaban J connectivity index is 2.75. The predicted molar refractivity (Wildman–Crippen MR) is 59.6 cm³/mol. The molecule has 0 fully saturated rings. The summed E-state index contributed by atoms with van der Waals surface area (Å²) >= 11 is 5.86. The van der Waals surface area contributed by atoms with Crippen LogP contribution < -0.4 is 11.1 Å². The fraction of sp³-hybridized carbons (Fsp3) is 0.556. The first-order valence-electron chi connectivity index (χ1n) is 4.68. The summed E-state index contributed by atoms with van der Waals surface area (Å²) in [7, 11) is 0. The average Bonchev–Trinajstić information content (AvgIpc) is 2.13. The van der Waals surface area contributed by atoms with Crippen molar-refractivity contribution in [2.24, 2.45) is 0 Å². The molecule has 0 aliphatic rings. The van der Waals surface area contributed by atoms with Gasteiger partial charge in [-0.2, -0.15) is 4.98 Å². The van der Waals surface area contributed by atoms with Gasteiger partial charge in [-0.05, 0) is 13.3 Å². The van der Waals surface area contributed by atoms with Crippen molar-refractivity contribution in [1.82, 2.24) is 9.97 Å². The monoisotopic (exact) mass is 214 g/mol. The van der Waals surface area contributed by atoms with E-state index in [2.05, 4.69) is 22.2 Å². The molecular weight excluding hydrogens is 200 g/mol. The Morgan fingerprint density at radius 3 is 2.79 bits per heavy atom. The van der Waals surface area contributed by atoms with E-state index in [-0.39, 0.29) is 5.95 Å². The maximum atomic E-state index is 5.86. The van der Waals surface area contributed by atoms with Gasteiger partial charge in [0.1, 0.15) is 11.0 Å². The molecule has 5 heteroatoms. The van der Waals surface area contributed by atoms with E-state index in [1.807, 2.05) is 6.92 Å². The Hall–Kier alpha value is -1.03. The van der Waals surface area contributed by atoms with Crippen molar-refractivity contribution in [1.29, 1.82) is 0 Å². The zero-order valence-electron chi connectivity index (χ0n) is 8.47. The standard InChI is InChI=1S/C9H15ClN4/c1-3-4-5-12-8-6(2)7(10)13-9(11)14-8/h3-5H2,1-2H3,(H3,11,12,13,14). The molecule has 78 valence electrons. The van der Waals surface area contributed by atoms with Gasteiger partial charge in [0.25, 0.3) is 0 Å². The third-order valence-corrected chi connectivity index (χ3v) is 2.29. The van der Waals surface area contributed by atoms with E-state index in [4.69, 9.17) is 17.3 Å². The Morgan fingerprint density at radius 2 is 2.14 bits per heavy atom. The summed E-state index contributed by atoms with van der Waals surface area (Å²) in [5.74, 6) is 0.940. The molecule has 14 heavy (non-hydrogen) atoms. The summed E-state index contributed by atoms with van der Waals surface area (Å²) in [5.41, 5.74) is 6.33. The van der Waals surface area contributed by atoms with Crippen molar-refractivity contribution in [2.45, 2.75) is 26.7 Å². The highest BCUT2D eigenvalue weighted by Gasteiger charge is 2.06. The van der Waals surface area contributed by atoms with Crippen LogP contribution in [0.15, 0.2) is 0 Å². The Kier molecular flexibility index (Phi) is 3.95. The molecule has 0 aliphatic carbocycles. The number of nitrogens with one attached hydrogen (secondary N) is 1. The van der Waals surface area contributed by atoms with E-state index in [1.165, 1.54) is 0 Å². The maximum absolute atomic E-state index is 5.86. The third-order valence-electron chi connectivity index (χ3n) is 1.93. The number of aromatic nitrogens is 2. The van der Waals surface area contributed by atoms with Crippen molar-refractivity contribution >= 4 is 23.4 Å². The van der Waals surface area contributed by atoms with Crippen molar-refractivity contribution < 1.29 is 0 Å². The highest BCUT2D eigenvalue weighted by Crippen LogP contribution is 2.20. The minimum Gasteiger partial charge on any atom is -0.370 e. The number of unbranched alkanes of at least 4 members (excludes halogenated alkanes) is 1. The SMILES string of the molecule is CCCCNc1nc(N)nc(Cl)c1C. The predicted octanol–water partition coefficient (Wildman–Crippen LogP) is 2.23. The lowest BCUT2D eigenvalue weighted by Gasteiger charge is -2.08. The van der Waals surface area contributed by atoms with Gasteiger partial charge in [0.2, 0.25) is 5.95 Å². The van der Waals surface area contributed by atoms with Gasteiger partial charge in [-0.3, -0.25) is 0 Å².